The average molecular weight is 445 g/mol. The van der Waals surface area contributed by atoms with Gasteiger partial charge in [0.1, 0.15) is 11.9 Å². The lowest BCUT2D eigenvalue weighted by Crippen LogP contribution is -2.53. The minimum absolute atomic E-state index is 0.0122. The number of benzene rings is 1. The summed E-state index contributed by atoms with van der Waals surface area (Å²) in [7, 11) is 0. The van der Waals surface area contributed by atoms with Crippen molar-refractivity contribution in [2.75, 3.05) is 17.2 Å². The van der Waals surface area contributed by atoms with Crippen LogP contribution in [-0.2, 0) is 11.3 Å². The molecule has 32 heavy (non-hydrogen) atoms. The first-order chi connectivity index (χ1) is 15.4. The van der Waals surface area contributed by atoms with Crippen LogP contribution in [0.2, 0.25) is 0 Å². The third kappa shape index (κ3) is 4.81. The van der Waals surface area contributed by atoms with Crippen LogP contribution in [0, 0.1) is 0 Å². The summed E-state index contributed by atoms with van der Waals surface area (Å²) in [4.78, 5) is 42.5. The van der Waals surface area contributed by atoms with E-state index in [1.807, 2.05) is 13.0 Å². The average Bonchev–Trinajstić information content (AvgIpc) is 2.77. The zero-order chi connectivity index (χ0) is 23.3. The lowest BCUT2D eigenvalue weighted by atomic mass is 10.1. The van der Waals surface area contributed by atoms with Crippen LogP contribution < -0.4 is 31.4 Å². The predicted molar refractivity (Wildman–Crippen MR) is 123 cm³/mol. The van der Waals surface area contributed by atoms with Crippen LogP contribution in [0.1, 0.15) is 52.9 Å². The number of aromatic nitrogens is 2. The molecule has 1 aromatic carbocycles. The number of anilines is 2. The van der Waals surface area contributed by atoms with Gasteiger partial charge in [-0.15, -0.1) is 0 Å². The second-order valence-corrected chi connectivity index (χ2v) is 8.00. The zero-order valence-corrected chi connectivity index (χ0v) is 18.9. The van der Waals surface area contributed by atoms with Crippen molar-refractivity contribution in [3.63, 3.8) is 0 Å². The van der Waals surface area contributed by atoms with Crippen LogP contribution in [0.25, 0.3) is 0 Å². The van der Waals surface area contributed by atoms with Gasteiger partial charge < -0.3 is 20.1 Å². The number of amides is 1. The monoisotopic (exact) mass is 444 g/mol. The number of rotatable bonds is 9. The van der Waals surface area contributed by atoms with Crippen LogP contribution >= 0.6 is 0 Å². The Morgan fingerprint density at radius 2 is 1.75 bits per heavy atom. The van der Waals surface area contributed by atoms with Gasteiger partial charge in [0.25, 0.3) is 11.5 Å². The number of hydrogen-bond acceptors (Lipinski definition) is 6. The molecule has 1 aliphatic rings. The molecule has 1 aliphatic heterocycles. The molecule has 0 fully saturated rings. The molecule has 9 nitrogen and oxygen atoms in total. The summed E-state index contributed by atoms with van der Waals surface area (Å²) in [5, 5.41) is 0. The highest BCUT2D eigenvalue weighted by atomic mass is 16.6. The molecule has 1 amide bonds. The molecule has 0 bridgehead atoms. The van der Waals surface area contributed by atoms with E-state index in [0.29, 0.717) is 30.9 Å². The Morgan fingerprint density at radius 3 is 2.41 bits per heavy atom. The molecule has 174 valence electrons. The topological polar surface area (TPSA) is 120 Å². The largest absolute Gasteiger partial charge is 0.482 e. The number of carbonyl (C=O) groups excluding carboxylic acids is 1. The fraction of sp³-hybridized carbons (Fsp3) is 0.522. The predicted octanol–water partition coefficient (Wildman–Crippen LogP) is 2.67. The van der Waals surface area contributed by atoms with E-state index in [9.17, 15) is 14.4 Å². The van der Waals surface area contributed by atoms with Crippen molar-refractivity contribution < 1.29 is 14.3 Å². The van der Waals surface area contributed by atoms with E-state index in [0.717, 1.165) is 19.3 Å². The van der Waals surface area contributed by atoms with Gasteiger partial charge in [0, 0.05) is 13.1 Å². The summed E-state index contributed by atoms with van der Waals surface area (Å²) in [6.45, 7) is 6.43. The standard InChI is InChI=1S/C23H32N4O5/c1-4-6-10-14-26(18-20(24)27(13-7-5-2)23(30)25-21(18)28)22(29)19-15(3)31-16-11-8-9-12-17(16)32-19/h8-9,11-12,15,19H,4-7,10,13-14,24H2,1-3H3,(H,25,28,30). The second kappa shape index (κ2) is 10.4. The van der Waals surface area contributed by atoms with Crippen molar-refractivity contribution >= 4 is 17.4 Å². The van der Waals surface area contributed by atoms with Crippen LogP contribution in [0.3, 0.4) is 0 Å². The third-order valence-electron chi connectivity index (χ3n) is 5.56. The Morgan fingerprint density at radius 1 is 1.09 bits per heavy atom. The summed E-state index contributed by atoms with van der Waals surface area (Å²) in [6.07, 6.45) is 2.52. The molecular formula is C23H32N4O5. The van der Waals surface area contributed by atoms with Gasteiger partial charge in [-0.1, -0.05) is 45.2 Å². The van der Waals surface area contributed by atoms with Crippen molar-refractivity contribution in [2.45, 2.75) is 71.6 Å². The number of nitrogens with zero attached hydrogens (tertiary/aromatic N) is 2. The minimum atomic E-state index is -0.957. The summed E-state index contributed by atoms with van der Waals surface area (Å²) in [6, 6.07) is 7.13. The van der Waals surface area contributed by atoms with Gasteiger partial charge in [0.15, 0.2) is 17.2 Å². The molecule has 0 saturated carbocycles. The molecule has 3 rings (SSSR count). The number of ether oxygens (including phenoxy) is 2. The number of nitrogens with two attached hydrogens (primary N) is 1. The van der Waals surface area contributed by atoms with E-state index in [2.05, 4.69) is 11.9 Å². The maximum atomic E-state index is 13.7. The third-order valence-corrected chi connectivity index (χ3v) is 5.56. The highest BCUT2D eigenvalue weighted by Crippen LogP contribution is 2.34. The molecule has 0 radical (unpaired) electrons. The Kier molecular flexibility index (Phi) is 7.61. The van der Waals surface area contributed by atoms with Gasteiger partial charge in [0.05, 0.1) is 0 Å². The molecule has 0 saturated heterocycles. The van der Waals surface area contributed by atoms with Crippen molar-refractivity contribution in [2.24, 2.45) is 0 Å². The lowest BCUT2D eigenvalue weighted by Gasteiger charge is -2.34. The van der Waals surface area contributed by atoms with Crippen LogP contribution in [0.5, 0.6) is 11.5 Å². The SMILES string of the molecule is CCCCCN(C(=O)C1Oc2ccccc2OC1C)c1c(N)n(CCCC)c(=O)[nH]c1=O. The Labute approximate surface area is 187 Å². The molecular weight excluding hydrogens is 412 g/mol. The van der Waals surface area contributed by atoms with Crippen molar-refractivity contribution in [3.05, 3.63) is 45.1 Å². The van der Waals surface area contributed by atoms with Gasteiger partial charge >= 0.3 is 5.69 Å². The van der Waals surface area contributed by atoms with Gasteiger partial charge in [-0.3, -0.25) is 19.1 Å². The van der Waals surface area contributed by atoms with E-state index >= 15 is 0 Å². The van der Waals surface area contributed by atoms with Gasteiger partial charge in [-0.05, 0) is 31.9 Å². The van der Waals surface area contributed by atoms with Crippen molar-refractivity contribution in [1.29, 1.82) is 0 Å². The molecule has 3 N–H and O–H groups in total. The highest BCUT2D eigenvalue weighted by molar-refractivity contribution is 5.99. The van der Waals surface area contributed by atoms with Gasteiger partial charge in [-0.2, -0.15) is 0 Å². The summed E-state index contributed by atoms with van der Waals surface area (Å²) >= 11 is 0. The number of hydrogen-bond donors (Lipinski definition) is 2. The smallest absolute Gasteiger partial charge is 0.330 e. The van der Waals surface area contributed by atoms with Crippen LogP contribution in [0.15, 0.2) is 33.9 Å². The van der Waals surface area contributed by atoms with Crippen molar-refractivity contribution in [1.82, 2.24) is 9.55 Å². The maximum Gasteiger partial charge on any atom is 0.330 e. The second-order valence-electron chi connectivity index (χ2n) is 8.00. The van der Waals surface area contributed by atoms with Gasteiger partial charge in [-0.25, -0.2) is 4.79 Å². The first-order valence-electron chi connectivity index (χ1n) is 11.2. The molecule has 2 aromatic rings. The first kappa shape index (κ1) is 23.4. The number of nitrogen functional groups attached to an aromatic ring is 1. The van der Waals surface area contributed by atoms with E-state index in [4.69, 9.17) is 15.2 Å². The molecule has 2 heterocycles. The van der Waals surface area contributed by atoms with Crippen LogP contribution in [0.4, 0.5) is 11.5 Å². The van der Waals surface area contributed by atoms with Crippen LogP contribution in [-0.4, -0.2) is 34.2 Å². The highest BCUT2D eigenvalue weighted by Gasteiger charge is 2.38. The summed E-state index contributed by atoms with van der Waals surface area (Å²) in [5.41, 5.74) is 5.01. The molecule has 2 unspecified atom stereocenters. The Hall–Kier alpha value is -3.23. The number of nitrogens with one attached hydrogen (secondary N) is 1. The van der Waals surface area contributed by atoms with E-state index in [-0.39, 0.29) is 18.1 Å². The zero-order valence-electron chi connectivity index (χ0n) is 18.9. The fourth-order valence-corrected chi connectivity index (χ4v) is 3.77. The van der Waals surface area contributed by atoms with E-state index in [1.165, 1.54) is 9.47 Å². The maximum absolute atomic E-state index is 13.7. The minimum Gasteiger partial charge on any atom is -0.482 e. The molecule has 9 heteroatoms. The summed E-state index contributed by atoms with van der Waals surface area (Å²) < 4.78 is 13.2. The first-order valence-corrected chi connectivity index (χ1v) is 11.2. The number of unbranched alkanes of at least 4 members (excludes halogenated alkanes) is 3. The number of carbonyl (C=O) groups is 1. The summed E-state index contributed by atoms with van der Waals surface area (Å²) in [5.74, 6) is 0.585. The fourth-order valence-electron chi connectivity index (χ4n) is 3.77. The number of aromatic amines is 1. The van der Waals surface area contributed by atoms with Gasteiger partial charge in [0.2, 0.25) is 6.10 Å². The number of H-pyrrole nitrogens is 1. The molecule has 2 atom stereocenters. The molecule has 0 aliphatic carbocycles. The van der Waals surface area contributed by atoms with E-state index in [1.54, 1.807) is 25.1 Å². The lowest BCUT2D eigenvalue weighted by molar-refractivity contribution is -0.130. The number of para-hydroxylation sites is 2. The Balaban J connectivity index is 2.01. The van der Waals surface area contributed by atoms with Crippen molar-refractivity contribution in [3.8, 4) is 11.5 Å². The molecule has 0 spiro atoms. The van der Waals surface area contributed by atoms with E-state index < -0.39 is 29.4 Å². The quantitative estimate of drug-likeness (QED) is 0.574. The Bertz CT molecular complexity index is 1060. The normalized spacial score (nSPS) is 17.2. The number of fused-ring (bicyclic) bond motifs is 1. The molecule has 1 aromatic heterocycles.